The van der Waals surface area contributed by atoms with E-state index in [0.717, 1.165) is 32.1 Å². The largest absolute Gasteiger partial charge is 0.457 e. The first kappa shape index (κ1) is 27.1. The number of ketones is 1. The van der Waals surface area contributed by atoms with Gasteiger partial charge in [0.15, 0.2) is 6.10 Å². The van der Waals surface area contributed by atoms with Crippen LogP contribution in [-0.2, 0) is 19.1 Å². The van der Waals surface area contributed by atoms with E-state index in [9.17, 15) is 14.7 Å². The molecule has 0 aromatic carbocycles. The van der Waals surface area contributed by atoms with E-state index in [1.807, 2.05) is 0 Å². The Morgan fingerprint density at radius 3 is 2.49 bits per heavy atom. The first-order valence-corrected chi connectivity index (χ1v) is 14.5. The molecule has 1 aliphatic heterocycles. The van der Waals surface area contributed by atoms with Crippen LogP contribution in [0.2, 0.25) is 0 Å². The van der Waals surface area contributed by atoms with Gasteiger partial charge in [0.25, 0.3) is 0 Å². The molecule has 0 aromatic heterocycles. The molecule has 5 aliphatic rings. The number of carbonyl (C=O) groups is 2. The first-order chi connectivity index (χ1) is 17.0. The highest BCUT2D eigenvalue weighted by Gasteiger charge is 2.67. The van der Waals surface area contributed by atoms with Gasteiger partial charge in [-0.15, -0.1) is 0 Å². The molecule has 5 nitrogen and oxygen atoms in total. The van der Waals surface area contributed by atoms with Gasteiger partial charge in [-0.05, 0) is 85.7 Å². The molecular weight excluding hydrogens is 464 g/mol. The molecule has 1 heterocycles. The average Bonchev–Trinajstić information content (AvgIpc) is 3.07. The van der Waals surface area contributed by atoms with E-state index in [1.54, 1.807) is 13.8 Å². The number of rotatable bonds is 3. The van der Waals surface area contributed by atoms with E-state index in [4.69, 9.17) is 9.47 Å². The normalized spacial score (nSPS) is 45.5. The fraction of sp³-hybridized carbons (Fsp3) is 0.812. The van der Waals surface area contributed by atoms with E-state index in [-0.39, 0.29) is 39.8 Å². The van der Waals surface area contributed by atoms with E-state index >= 15 is 0 Å². The van der Waals surface area contributed by atoms with Crippen molar-refractivity contribution in [2.24, 2.45) is 39.4 Å². The number of ether oxygens (including phenoxy) is 2. The van der Waals surface area contributed by atoms with Crippen molar-refractivity contribution in [2.45, 2.75) is 125 Å². The van der Waals surface area contributed by atoms with E-state index in [0.29, 0.717) is 24.0 Å². The minimum absolute atomic E-state index is 0.0270. The van der Waals surface area contributed by atoms with E-state index in [2.05, 4.69) is 53.7 Å². The number of aliphatic hydroxyl groups is 1. The highest BCUT2D eigenvalue weighted by Crippen LogP contribution is 2.73. The minimum Gasteiger partial charge on any atom is -0.457 e. The monoisotopic (exact) mass is 512 g/mol. The summed E-state index contributed by atoms with van der Waals surface area (Å²) in [5, 5.41) is 10.9. The van der Waals surface area contributed by atoms with Crippen LogP contribution in [0.25, 0.3) is 0 Å². The number of hydrogen-bond acceptors (Lipinski definition) is 5. The molecule has 2 unspecified atom stereocenters. The summed E-state index contributed by atoms with van der Waals surface area (Å²) in [7, 11) is 0. The molecule has 37 heavy (non-hydrogen) atoms. The second kappa shape index (κ2) is 8.27. The quantitative estimate of drug-likeness (QED) is 0.457. The summed E-state index contributed by atoms with van der Waals surface area (Å²) in [5.74, 6) is 1.14. The second-order valence-electron chi connectivity index (χ2n) is 14.9. The molecule has 1 N–H and O–H groups in total. The number of carbonyl (C=O) groups excluding carboxylic acids is 2. The lowest BCUT2D eigenvalue weighted by atomic mass is 9.37. The Morgan fingerprint density at radius 1 is 1.19 bits per heavy atom. The molecular formula is C32H48O5. The van der Waals surface area contributed by atoms with Crippen LogP contribution in [0.1, 0.15) is 101 Å². The zero-order valence-corrected chi connectivity index (χ0v) is 24.4. The van der Waals surface area contributed by atoms with Crippen molar-refractivity contribution in [3.05, 3.63) is 23.3 Å². The third kappa shape index (κ3) is 3.69. The molecule has 9 atom stereocenters. The topological polar surface area (TPSA) is 72.8 Å². The van der Waals surface area contributed by atoms with E-state index < -0.39 is 17.7 Å². The summed E-state index contributed by atoms with van der Waals surface area (Å²) in [6, 6.07) is 0. The molecule has 3 fully saturated rings. The summed E-state index contributed by atoms with van der Waals surface area (Å²) in [6.45, 7) is 18.8. The number of esters is 1. The number of fused-ring (bicyclic) bond motifs is 6. The molecule has 0 aromatic rings. The SMILES string of the molecule is CC(=O)O[C@H](C1C[C@@H](C)C2=C3C=C[C@H]4[C@@]5(C)CCC(=O)C(C)(C)C5CC[C@]4(C)[C@@]3(C)C[C@H]2O1)C(C)(C)O. The van der Waals surface area contributed by atoms with Crippen molar-refractivity contribution >= 4 is 11.8 Å². The maximum atomic E-state index is 12.9. The molecule has 206 valence electrons. The molecule has 2 saturated carbocycles. The zero-order valence-electron chi connectivity index (χ0n) is 24.4. The highest BCUT2D eigenvalue weighted by atomic mass is 16.6. The average molecular weight is 513 g/mol. The Morgan fingerprint density at radius 2 is 1.86 bits per heavy atom. The maximum absolute atomic E-state index is 12.9. The van der Waals surface area contributed by atoms with Crippen molar-refractivity contribution in [3.8, 4) is 0 Å². The van der Waals surface area contributed by atoms with Gasteiger partial charge in [-0.3, -0.25) is 9.59 Å². The van der Waals surface area contributed by atoms with Crippen LogP contribution in [-0.4, -0.2) is 40.8 Å². The van der Waals surface area contributed by atoms with Crippen molar-refractivity contribution in [1.29, 1.82) is 0 Å². The van der Waals surface area contributed by atoms with Gasteiger partial charge in [-0.25, -0.2) is 0 Å². The second-order valence-corrected chi connectivity index (χ2v) is 14.9. The third-order valence-electron chi connectivity index (χ3n) is 12.0. The Bertz CT molecular complexity index is 1060. The van der Waals surface area contributed by atoms with Crippen LogP contribution >= 0.6 is 0 Å². The fourth-order valence-corrected chi connectivity index (χ4v) is 9.93. The molecule has 4 aliphatic carbocycles. The van der Waals surface area contributed by atoms with Crippen molar-refractivity contribution in [3.63, 3.8) is 0 Å². The third-order valence-corrected chi connectivity index (χ3v) is 12.0. The van der Waals surface area contributed by atoms with Crippen molar-refractivity contribution < 1.29 is 24.2 Å². The van der Waals surface area contributed by atoms with Crippen LogP contribution in [0.3, 0.4) is 0 Å². The Labute approximate surface area is 223 Å². The Hall–Kier alpha value is -1.46. The van der Waals surface area contributed by atoms with Crippen LogP contribution in [0.4, 0.5) is 0 Å². The summed E-state index contributed by atoms with van der Waals surface area (Å²) >= 11 is 0. The van der Waals surface area contributed by atoms with Gasteiger partial charge >= 0.3 is 5.97 Å². The van der Waals surface area contributed by atoms with Crippen LogP contribution < -0.4 is 0 Å². The first-order valence-electron chi connectivity index (χ1n) is 14.5. The standard InChI is InChI=1S/C32H48O5/c1-18-16-21(27(29(5,6)35)36-19(2)33)37-22-17-32(9)20(26(18)22)10-11-24-30(7)14-13-25(34)28(3,4)23(30)12-15-31(24,32)8/h10-11,18,21-24,27,35H,12-17H2,1-9H3/t18-,21?,22-,23?,24+,27-,30+,31+,32+/m1/s1. The van der Waals surface area contributed by atoms with Gasteiger partial charge < -0.3 is 14.6 Å². The van der Waals surface area contributed by atoms with Crippen LogP contribution in [0, 0.1) is 39.4 Å². The smallest absolute Gasteiger partial charge is 0.303 e. The van der Waals surface area contributed by atoms with Gasteiger partial charge in [0, 0.05) is 24.2 Å². The lowest BCUT2D eigenvalue weighted by molar-refractivity contribution is -0.193. The summed E-state index contributed by atoms with van der Waals surface area (Å²) in [5.41, 5.74) is 1.55. The number of hydrogen-bond donors (Lipinski definition) is 1. The Balaban J connectivity index is 1.50. The number of Topliss-reactive ketones (excluding diaryl/α,β-unsaturated/α-hetero) is 1. The predicted octanol–water partition coefficient (Wildman–Crippen LogP) is 6.19. The Kier molecular flexibility index (Phi) is 6.06. The molecule has 5 heteroatoms. The van der Waals surface area contributed by atoms with Gasteiger partial charge in [0.05, 0.1) is 17.8 Å². The molecule has 0 amide bonds. The maximum Gasteiger partial charge on any atom is 0.303 e. The molecule has 0 radical (unpaired) electrons. The van der Waals surface area contributed by atoms with Crippen molar-refractivity contribution in [2.75, 3.05) is 0 Å². The number of allylic oxidation sites excluding steroid dienone is 3. The summed E-state index contributed by atoms with van der Waals surface area (Å²) in [4.78, 5) is 24.8. The molecule has 5 rings (SSSR count). The van der Waals surface area contributed by atoms with Crippen LogP contribution in [0.5, 0.6) is 0 Å². The summed E-state index contributed by atoms with van der Waals surface area (Å²) in [6.07, 6.45) is 9.32. The minimum atomic E-state index is -1.19. The molecule has 0 spiro atoms. The van der Waals surface area contributed by atoms with Gasteiger partial charge in [0.2, 0.25) is 0 Å². The van der Waals surface area contributed by atoms with Crippen molar-refractivity contribution in [1.82, 2.24) is 0 Å². The fourth-order valence-electron chi connectivity index (χ4n) is 9.93. The van der Waals surface area contributed by atoms with Gasteiger partial charge in [0.1, 0.15) is 5.78 Å². The lowest BCUT2D eigenvalue weighted by Crippen LogP contribution is -2.61. The summed E-state index contributed by atoms with van der Waals surface area (Å²) < 4.78 is 12.4. The molecule has 1 saturated heterocycles. The van der Waals surface area contributed by atoms with Gasteiger partial charge in [-0.2, -0.15) is 0 Å². The highest BCUT2D eigenvalue weighted by molar-refractivity contribution is 5.85. The zero-order chi connectivity index (χ0) is 27.3. The molecule has 0 bridgehead atoms. The van der Waals surface area contributed by atoms with E-state index in [1.165, 1.54) is 18.1 Å². The predicted molar refractivity (Wildman–Crippen MR) is 144 cm³/mol. The lowest BCUT2D eigenvalue weighted by Gasteiger charge is -2.66. The van der Waals surface area contributed by atoms with Gasteiger partial charge in [-0.1, -0.05) is 53.7 Å². The van der Waals surface area contributed by atoms with Crippen LogP contribution in [0.15, 0.2) is 23.3 Å².